The lowest BCUT2D eigenvalue weighted by Crippen LogP contribution is -2.53. The monoisotopic (exact) mass is 225 g/mol. The van der Waals surface area contributed by atoms with Gasteiger partial charge in [-0.2, -0.15) is 0 Å². The summed E-state index contributed by atoms with van der Waals surface area (Å²) in [4.78, 5) is 27.2. The number of amides is 2. The fraction of sp³-hybridized carbons (Fsp3) is 0.818. The summed E-state index contributed by atoms with van der Waals surface area (Å²) in [6.45, 7) is 5.79. The molecule has 0 spiro atoms. The Morgan fingerprint density at radius 3 is 2.56 bits per heavy atom. The first-order chi connectivity index (χ1) is 7.70. The molecule has 2 saturated heterocycles. The summed E-state index contributed by atoms with van der Waals surface area (Å²) in [6.07, 6.45) is 1.48. The van der Waals surface area contributed by atoms with E-state index in [1.807, 2.05) is 11.8 Å². The number of likely N-dealkylation sites (tertiary alicyclic amines) is 1. The molecule has 0 aromatic carbocycles. The Balaban J connectivity index is 1.95. The van der Waals surface area contributed by atoms with E-state index >= 15 is 0 Å². The number of hydrogen-bond donors (Lipinski definition) is 1. The van der Waals surface area contributed by atoms with E-state index in [1.165, 1.54) is 0 Å². The van der Waals surface area contributed by atoms with Crippen LogP contribution in [0.2, 0.25) is 0 Å². The highest BCUT2D eigenvalue weighted by molar-refractivity contribution is 5.88. The van der Waals surface area contributed by atoms with Gasteiger partial charge < -0.3 is 15.1 Å². The van der Waals surface area contributed by atoms with Crippen LogP contribution in [-0.4, -0.2) is 60.4 Å². The molecule has 1 atom stereocenters. The molecule has 90 valence electrons. The molecular formula is C11H19N3O2. The molecule has 1 N–H and O–H groups in total. The van der Waals surface area contributed by atoms with Gasteiger partial charge in [0, 0.05) is 39.1 Å². The minimum absolute atomic E-state index is 0.0942. The maximum atomic E-state index is 12.1. The number of nitrogens with zero attached hydrogens (tertiary/aromatic N) is 2. The summed E-state index contributed by atoms with van der Waals surface area (Å²) in [5.74, 6) is 0.215. The van der Waals surface area contributed by atoms with Gasteiger partial charge in [0.25, 0.3) is 0 Å². The van der Waals surface area contributed by atoms with Crippen LogP contribution in [0.4, 0.5) is 0 Å². The first-order valence-corrected chi connectivity index (χ1v) is 5.99. The van der Waals surface area contributed by atoms with Crippen molar-refractivity contribution in [3.05, 3.63) is 0 Å². The Labute approximate surface area is 95.8 Å². The van der Waals surface area contributed by atoms with Crippen LogP contribution >= 0.6 is 0 Å². The molecule has 1 unspecified atom stereocenters. The largest absolute Gasteiger partial charge is 0.338 e. The van der Waals surface area contributed by atoms with E-state index < -0.39 is 0 Å². The third-order valence-electron chi connectivity index (χ3n) is 3.36. The number of nitrogens with one attached hydrogen (secondary N) is 1. The molecule has 2 aliphatic rings. The van der Waals surface area contributed by atoms with Gasteiger partial charge in [0.05, 0.1) is 0 Å². The third-order valence-corrected chi connectivity index (χ3v) is 3.36. The van der Waals surface area contributed by atoms with E-state index in [2.05, 4.69) is 5.32 Å². The van der Waals surface area contributed by atoms with E-state index in [4.69, 9.17) is 0 Å². The van der Waals surface area contributed by atoms with Crippen molar-refractivity contribution < 1.29 is 9.59 Å². The van der Waals surface area contributed by atoms with E-state index in [9.17, 15) is 9.59 Å². The molecule has 0 radical (unpaired) electrons. The predicted octanol–water partition coefficient (Wildman–Crippen LogP) is -0.571. The molecule has 0 bridgehead atoms. The normalized spacial score (nSPS) is 23.7. The summed E-state index contributed by atoms with van der Waals surface area (Å²) < 4.78 is 0. The Morgan fingerprint density at radius 1 is 1.31 bits per heavy atom. The second-order valence-corrected chi connectivity index (χ2v) is 4.44. The minimum atomic E-state index is -0.284. The van der Waals surface area contributed by atoms with Crippen LogP contribution in [0.25, 0.3) is 0 Å². The molecule has 0 aromatic heterocycles. The number of rotatable bonds is 2. The summed E-state index contributed by atoms with van der Waals surface area (Å²) >= 11 is 0. The average molecular weight is 225 g/mol. The maximum absolute atomic E-state index is 12.1. The lowest BCUT2D eigenvalue weighted by molar-refractivity contribution is -0.143. The van der Waals surface area contributed by atoms with Crippen LogP contribution in [0.5, 0.6) is 0 Å². The van der Waals surface area contributed by atoms with Gasteiger partial charge in [-0.05, 0) is 13.3 Å². The summed E-state index contributed by atoms with van der Waals surface area (Å²) in [7, 11) is 0. The van der Waals surface area contributed by atoms with Crippen molar-refractivity contribution in [2.75, 3.05) is 32.7 Å². The Bertz CT molecular complexity index is 287. The van der Waals surface area contributed by atoms with Crippen molar-refractivity contribution in [3.8, 4) is 0 Å². The van der Waals surface area contributed by atoms with Crippen molar-refractivity contribution in [1.82, 2.24) is 15.1 Å². The highest BCUT2D eigenvalue weighted by Crippen LogP contribution is 2.15. The fourth-order valence-corrected chi connectivity index (χ4v) is 2.36. The summed E-state index contributed by atoms with van der Waals surface area (Å²) in [6, 6.07) is -0.284. The Kier molecular flexibility index (Phi) is 3.43. The maximum Gasteiger partial charge on any atom is 0.245 e. The molecule has 0 saturated carbocycles. The molecule has 5 heteroatoms. The number of carbonyl (C=O) groups is 2. The molecular weight excluding hydrogens is 206 g/mol. The van der Waals surface area contributed by atoms with Gasteiger partial charge in [-0.25, -0.2) is 0 Å². The molecule has 2 aliphatic heterocycles. The van der Waals surface area contributed by atoms with Gasteiger partial charge in [0.15, 0.2) is 0 Å². The van der Waals surface area contributed by atoms with E-state index in [0.717, 1.165) is 39.1 Å². The zero-order valence-corrected chi connectivity index (χ0v) is 9.74. The first kappa shape index (κ1) is 11.4. The van der Waals surface area contributed by atoms with Crippen molar-refractivity contribution in [2.45, 2.75) is 25.8 Å². The SMILES string of the molecule is CC(C(=O)N1CCNCC1)N1CCCC1=O. The zero-order valence-electron chi connectivity index (χ0n) is 9.74. The molecule has 2 heterocycles. The molecule has 16 heavy (non-hydrogen) atoms. The molecule has 5 nitrogen and oxygen atoms in total. The number of hydrogen-bond acceptors (Lipinski definition) is 3. The summed E-state index contributed by atoms with van der Waals surface area (Å²) in [5.41, 5.74) is 0. The van der Waals surface area contributed by atoms with Crippen molar-refractivity contribution in [1.29, 1.82) is 0 Å². The van der Waals surface area contributed by atoms with Gasteiger partial charge in [-0.15, -0.1) is 0 Å². The Hall–Kier alpha value is -1.10. The second-order valence-electron chi connectivity index (χ2n) is 4.44. The van der Waals surface area contributed by atoms with Crippen molar-refractivity contribution in [2.24, 2.45) is 0 Å². The van der Waals surface area contributed by atoms with Gasteiger partial charge in [0.2, 0.25) is 11.8 Å². The van der Waals surface area contributed by atoms with Gasteiger partial charge in [-0.1, -0.05) is 0 Å². The summed E-state index contributed by atoms with van der Waals surface area (Å²) in [5, 5.41) is 3.21. The minimum Gasteiger partial charge on any atom is -0.338 e. The molecule has 0 aliphatic carbocycles. The van der Waals surface area contributed by atoms with Crippen LogP contribution in [0.3, 0.4) is 0 Å². The van der Waals surface area contributed by atoms with Gasteiger partial charge >= 0.3 is 0 Å². The molecule has 2 fully saturated rings. The Morgan fingerprint density at radius 2 is 2.00 bits per heavy atom. The smallest absolute Gasteiger partial charge is 0.245 e. The molecule has 2 amide bonds. The molecule has 2 rings (SSSR count). The lowest BCUT2D eigenvalue weighted by Gasteiger charge is -2.32. The van der Waals surface area contributed by atoms with E-state index in [1.54, 1.807) is 4.90 Å². The van der Waals surface area contributed by atoms with Crippen molar-refractivity contribution >= 4 is 11.8 Å². The van der Waals surface area contributed by atoms with Gasteiger partial charge in [0.1, 0.15) is 6.04 Å². The average Bonchev–Trinajstić information content (AvgIpc) is 2.75. The van der Waals surface area contributed by atoms with Crippen LogP contribution in [0.1, 0.15) is 19.8 Å². The highest BCUT2D eigenvalue weighted by atomic mass is 16.2. The third kappa shape index (κ3) is 2.19. The highest BCUT2D eigenvalue weighted by Gasteiger charge is 2.32. The van der Waals surface area contributed by atoms with E-state index in [0.29, 0.717) is 6.42 Å². The topological polar surface area (TPSA) is 52.7 Å². The van der Waals surface area contributed by atoms with Gasteiger partial charge in [-0.3, -0.25) is 9.59 Å². The second kappa shape index (κ2) is 4.82. The lowest BCUT2D eigenvalue weighted by atomic mass is 10.2. The predicted molar refractivity (Wildman–Crippen MR) is 59.9 cm³/mol. The number of carbonyl (C=O) groups excluding carboxylic acids is 2. The van der Waals surface area contributed by atoms with Crippen molar-refractivity contribution in [3.63, 3.8) is 0 Å². The van der Waals surface area contributed by atoms with Crippen LogP contribution in [0.15, 0.2) is 0 Å². The first-order valence-electron chi connectivity index (χ1n) is 5.99. The van der Waals surface area contributed by atoms with Crippen LogP contribution in [0, 0.1) is 0 Å². The zero-order chi connectivity index (χ0) is 11.5. The quantitative estimate of drug-likeness (QED) is 0.684. The van der Waals surface area contributed by atoms with Crippen LogP contribution in [-0.2, 0) is 9.59 Å². The fourth-order valence-electron chi connectivity index (χ4n) is 2.36. The number of piperazine rings is 1. The van der Waals surface area contributed by atoms with Crippen LogP contribution < -0.4 is 5.32 Å². The standard InChI is InChI=1S/C11H19N3O2/c1-9(14-6-2-3-10(14)15)11(16)13-7-4-12-5-8-13/h9,12H,2-8H2,1H3. The molecule has 0 aromatic rings. The van der Waals surface area contributed by atoms with E-state index in [-0.39, 0.29) is 17.9 Å².